The molecule has 2 heterocycles. The molecule has 0 saturated carbocycles. The lowest BCUT2D eigenvalue weighted by molar-refractivity contribution is 0.0928. The van der Waals surface area contributed by atoms with Crippen LogP contribution < -0.4 is 5.32 Å². The molecule has 1 amide bonds. The van der Waals surface area contributed by atoms with E-state index >= 15 is 0 Å². The zero-order valence-electron chi connectivity index (χ0n) is 10.8. The highest BCUT2D eigenvalue weighted by molar-refractivity contribution is 9.10. The summed E-state index contributed by atoms with van der Waals surface area (Å²) in [6.45, 7) is 1.75. The SMILES string of the molecule is CN1CCCCC1CNC(=O)c1cc(Br)cnc1Cl. The zero-order valence-corrected chi connectivity index (χ0v) is 13.2. The van der Waals surface area contributed by atoms with Gasteiger partial charge in [0.15, 0.2) is 0 Å². The molecule has 1 N–H and O–H groups in total. The second kappa shape index (κ2) is 6.68. The number of hydrogen-bond acceptors (Lipinski definition) is 3. The van der Waals surface area contributed by atoms with Gasteiger partial charge in [0.05, 0.1) is 5.56 Å². The van der Waals surface area contributed by atoms with E-state index in [0.29, 0.717) is 18.2 Å². The molecule has 104 valence electrons. The van der Waals surface area contributed by atoms with Gasteiger partial charge in [0.1, 0.15) is 5.15 Å². The Hall–Kier alpha value is -0.650. The molecule has 0 radical (unpaired) electrons. The molecule has 2 rings (SSSR count). The van der Waals surface area contributed by atoms with Gasteiger partial charge in [-0.15, -0.1) is 0 Å². The first kappa shape index (κ1) is 14.8. The maximum Gasteiger partial charge on any atom is 0.254 e. The van der Waals surface area contributed by atoms with Crippen LogP contribution in [0.1, 0.15) is 29.6 Å². The predicted molar refractivity (Wildman–Crippen MR) is 79.5 cm³/mol. The van der Waals surface area contributed by atoms with Crippen molar-refractivity contribution in [3.05, 3.63) is 27.5 Å². The Balaban J connectivity index is 1.95. The highest BCUT2D eigenvalue weighted by Crippen LogP contribution is 2.18. The van der Waals surface area contributed by atoms with Gasteiger partial charge in [-0.1, -0.05) is 18.0 Å². The molecule has 1 saturated heterocycles. The summed E-state index contributed by atoms with van der Waals surface area (Å²) in [4.78, 5) is 18.3. The summed E-state index contributed by atoms with van der Waals surface area (Å²) in [6.07, 6.45) is 5.17. The number of nitrogens with zero attached hydrogens (tertiary/aromatic N) is 2. The molecule has 1 aliphatic rings. The number of halogens is 2. The fraction of sp³-hybridized carbons (Fsp3) is 0.538. The molecule has 0 aromatic carbocycles. The minimum absolute atomic E-state index is 0.169. The molecule has 1 fully saturated rings. The monoisotopic (exact) mass is 345 g/mol. The topological polar surface area (TPSA) is 45.2 Å². The number of hydrogen-bond donors (Lipinski definition) is 1. The summed E-state index contributed by atoms with van der Waals surface area (Å²) in [6, 6.07) is 2.10. The first-order valence-electron chi connectivity index (χ1n) is 6.37. The van der Waals surface area contributed by atoms with Gasteiger partial charge in [0.2, 0.25) is 0 Å². The molecule has 1 unspecified atom stereocenters. The smallest absolute Gasteiger partial charge is 0.254 e. The van der Waals surface area contributed by atoms with Crippen LogP contribution in [0.4, 0.5) is 0 Å². The minimum Gasteiger partial charge on any atom is -0.350 e. The normalized spacial score (nSPS) is 20.3. The van der Waals surface area contributed by atoms with Crippen LogP contribution in [0.3, 0.4) is 0 Å². The Morgan fingerprint density at radius 2 is 2.42 bits per heavy atom. The predicted octanol–water partition coefficient (Wildman–Crippen LogP) is 2.71. The van der Waals surface area contributed by atoms with Crippen molar-refractivity contribution >= 4 is 33.4 Å². The van der Waals surface area contributed by atoms with E-state index in [1.165, 1.54) is 12.8 Å². The van der Waals surface area contributed by atoms with Crippen molar-refractivity contribution in [3.63, 3.8) is 0 Å². The number of carbonyl (C=O) groups excluding carboxylic acids is 1. The van der Waals surface area contributed by atoms with Gasteiger partial charge in [-0.25, -0.2) is 4.98 Å². The fourth-order valence-electron chi connectivity index (χ4n) is 2.29. The Kier molecular flexibility index (Phi) is 5.19. The van der Waals surface area contributed by atoms with Crippen LogP contribution in [0.5, 0.6) is 0 Å². The van der Waals surface area contributed by atoms with Crippen LogP contribution in [0.15, 0.2) is 16.7 Å². The Morgan fingerprint density at radius 1 is 1.63 bits per heavy atom. The van der Waals surface area contributed by atoms with Crippen LogP contribution in [0.2, 0.25) is 5.15 Å². The van der Waals surface area contributed by atoms with Crippen molar-refractivity contribution < 1.29 is 4.79 Å². The highest BCUT2D eigenvalue weighted by atomic mass is 79.9. The molecule has 0 bridgehead atoms. The minimum atomic E-state index is -0.169. The number of amides is 1. The average molecular weight is 347 g/mol. The van der Waals surface area contributed by atoms with Gasteiger partial charge < -0.3 is 10.2 Å². The van der Waals surface area contributed by atoms with E-state index in [4.69, 9.17) is 11.6 Å². The first-order valence-corrected chi connectivity index (χ1v) is 7.54. The van der Waals surface area contributed by atoms with E-state index in [0.717, 1.165) is 17.4 Å². The quantitative estimate of drug-likeness (QED) is 0.856. The summed E-state index contributed by atoms with van der Waals surface area (Å²) in [5, 5.41) is 3.18. The van der Waals surface area contributed by atoms with Gasteiger partial charge in [-0.2, -0.15) is 0 Å². The van der Waals surface area contributed by atoms with Crippen molar-refractivity contribution in [3.8, 4) is 0 Å². The van der Waals surface area contributed by atoms with Gasteiger partial charge in [0, 0.05) is 23.3 Å². The molecule has 19 heavy (non-hydrogen) atoms. The van der Waals surface area contributed by atoms with E-state index in [1.54, 1.807) is 12.3 Å². The number of piperidine rings is 1. The Morgan fingerprint density at radius 3 is 3.16 bits per heavy atom. The second-order valence-electron chi connectivity index (χ2n) is 4.83. The van der Waals surface area contributed by atoms with Crippen molar-refractivity contribution in [2.45, 2.75) is 25.3 Å². The summed E-state index contributed by atoms with van der Waals surface area (Å²) < 4.78 is 0.747. The molecular weight excluding hydrogens is 330 g/mol. The van der Waals surface area contributed by atoms with E-state index in [-0.39, 0.29) is 11.1 Å². The molecule has 1 aromatic heterocycles. The van der Waals surface area contributed by atoms with Gasteiger partial charge in [0.25, 0.3) is 5.91 Å². The van der Waals surface area contributed by atoms with Gasteiger partial charge >= 0.3 is 0 Å². The molecule has 4 nitrogen and oxygen atoms in total. The van der Waals surface area contributed by atoms with Crippen molar-refractivity contribution in [2.24, 2.45) is 0 Å². The number of rotatable bonds is 3. The summed E-state index contributed by atoms with van der Waals surface area (Å²) in [5.74, 6) is -0.169. The standard InChI is InChI=1S/C13H17BrClN3O/c1-18-5-3-2-4-10(18)8-17-13(19)11-6-9(14)7-16-12(11)15/h6-7,10H,2-5,8H2,1H3,(H,17,19). The molecule has 1 aromatic rings. The van der Waals surface area contributed by atoms with Crippen LogP contribution in [0, 0.1) is 0 Å². The lowest BCUT2D eigenvalue weighted by Crippen LogP contribution is -2.44. The van der Waals surface area contributed by atoms with E-state index in [1.807, 2.05) is 0 Å². The van der Waals surface area contributed by atoms with Crippen molar-refractivity contribution in [2.75, 3.05) is 20.1 Å². The molecular formula is C13H17BrClN3O. The zero-order chi connectivity index (χ0) is 13.8. The number of likely N-dealkylation sites (N-methyl/N-ethyl adjacent to an activating group) is 1. The number of nitrogens with one attached hydrogen (secondary N) is 1. The number of aromatic nitrogens is 1. The maximum atomic E-state index is 12.1. The Bertz CT molecular complexity index is 469. The number of likely N-dealkylation sites (tertiary alicyclic amines) is 1. The average Bonchev–Trinajstić information content (AvgIpc) is 2.40. The fourth-order valence-corrected chi connectivity index (χ4v) is 2.81. The summed E-state index contributed by atoms with van der Waals surface area (Å²) in [7, 11) is 2.10. The lowest BCUT2D eigenvalue weighted by atomic mass is 10.0. The molecule has 0 spiro atoms. The number of pyridine rings is 1. The molecule has 1 atom stereocenters. The van der Waals surface area contributed by atoms with Crippen LogP contribution in [-0.2, 0) is 0 Å². The van der Waals surface area contributed by atoms with Gasteiger partial charge in [-0.3, -0.25) is 4.79 Å². The van der Waals surface area contributed by atoms with Crippen molar-refractivity contribution in [1.29, 1.82) is 0 Å². The molecule has 1 aliphatic heterocycles. The van der Waals surface area contributed by atoms with Crippen LogP contribution in [0.25, 0.3) is 0 Å². The third-order valence-electron chi connectivity index (χ3n) is 3.47. The van der Waals surface area contributed by atoms with E-state index < -0.39 is 0 Å². The molecule has 6 heteroatoms. The first-order chi connectivity index (χ1) is 9.08. The third-order valence-corrected chi connectivity index (χ3v) is 4.20. The third kappa shape index (κ3) is 3.91. The highest BCUT2D eigenvalue weighted by Gasteiger charge is 2.20. The van der Waals surface area contributed by atoms with Crippen LogP contribution >= 0.6 is 27.5 Å². The van der Waals surface area contributed by atoms with Crippen LogP contribution in [-0.4, -0.2) is 42.0 Å². The summed E-state index contributed by atoms with van der Waals surface area (Å²) in [5.41, 5.74) is 0.412. The largest absolute Gasteiger partial charge is 0.350 e. The van der Waals surface area contributed by atoms with Crippen molar-refractivity contribution in [1.82, 2.24) is 15.2 Å². The summed E-state index contributed by atoms with van der Waals surface area (Å²) >= 11 is 9.23. The van der Waals surface area contributed by atoms with Gasteiger partial charge in [-0.05, 0) is 48.4 Å². The number of carbonyl (C=O) groups is 1. The second-order valence-corrected chi connectivity index (χ2v) is 6.11. The molecule has 0 aliphatic carbocycles. The maximum absolute atomic E-state index is 12.1. The van der Waals surface area contributed by atoms with E-state index in [2.05, 4.69) is 38.2 Å². The van der Waals surface area contributed by atoms with E-state index in [9.17, 15) is 4.79 Å². The Labute approximate surface area is 126 Å². The lowest BCUT2D eigenvalue weighted by Gasteiger charge is -2.32.